The molecule has 0 saturated carbocycles. The molecule has 0 aliphatic carbocycles. The van der Waals surface area contributed by atoms with E-state index in [9.17, 15) is 8.71 Å². The van der Waals surface area contributed by atoms with E-state index in [-0.39, 0.29) is 5.82 Å². The van der Waals surface area contributed by atoms with E-state index in [0.29, 0.717) is 12.2 Å². The smallest absolute Gasteiger partial charge is 0.363 e. The molecule has 70 valence electrons. The molecule has 2 aliphatic heterocycles. The summed E-state index contributed by atoms with van der Waals surface area (Å²) in [4.78, 5) is 1.58. The van der Waals surface area contributed by atoms with Crippen LogP contribution in [0.1, 0.15) is 5.69 Å². The topological polar surface area (TPSA) is 8.17 Å². The van der Waals surface area contributed by atoms with Crippen LogP contribution in [-0.2, 0) is 0 Å². The molecule has 0 amide bonds. The van der Waals surface area contributed by atoms with E-state index >= 15 is 0 Å². The zero-order valence-corrected chi connectivity index (χ0v) is 7.32. The molecule has 0 N–H and O–H groups in total. The maximum absolute atomic E-state index is 13.8. The van der Waals surface area contributed by atoms with Crippen molar-refractivity contribution in [2.45, 2.75) is 0 Å². The van der Waals surface area contributed by atoms with Crippen LogP contribution in [0.3, 0.4) is 0 Å². The molecule has 5 heteroatoms. The summed E-state index contributed by atoms with van der Waals surface area (Å²) in [6.07, 6.45) is 6.77. The van der Waals surface area contributed by atoms with E-state index < -0.39 is 7.26 Å². The molecule has 0 saturated heterocycles. The second-order valence-corrected chi connectivity index (χ2v) is 3.39. The number of nitrogens with zero attached hydrogens (tertiary/aromatic N) is 2. The lowest BCUT2D eigenvalue weighted by molar-refractivity contribution is 0.530. The summed E-state index contributed by atoms with van der Waals surface area (Å²) < 4.78 is 28.3. The van der Waals surface area contributed by atoms with Gasteiger partial charge in [0.2, 0.25) is 0 Å². The van der Waals surface area contributed by atoms with Crippen molar-refractivity contribution < 1.29 is 8.71 Å². The van der Waals surface area contributed by atoms with Crippen LogP contribution in [0.2, 0.25) is 0 Å². The monoisotopic (exact) mass is 192 g/mol. The first-order chi connectivity index (χ1) is 6.77. The lowest BCUT2D eigenvalue weighted by atomic mass is 9.97. The molecule has 1 aromatic heterocycles. The van der Waals surface area contributed by atoms with Gasteiger partial charge < -0.3 is 9.29 Å². The quantitative estimate of drug-likeness (QED) is 0.567. The number of allylic oxidation sites excluding steroid dienone is 1. The van der Waals surface area contributed by atoms with Crippen LogP contribution in [0.25, 0.3) is 6.08 Å². The second kappa shape index (κ2) is 2.50. The highest BCUT2D eigenvalue weighted by Gasteiger charge is 2.35. The van der Waals surface area contributed by atoms with Gasteiger partial charge in [-0.2, -0.15) is 0 Å². The van der Waals surface area contributed by atoms with Crippen molar-refractivity contribution in [3.05, 3.63) is 41.6 Å². The molecule has 0 spiro atoms. The van der Waals surface area contributed by atoms with Gasteiger partial charge in [0.05, 0.1) is 5.69 Å². The van der Waals surface area contributed by atoms with Gasteiger partial charge in [0.1, 0.15) is 5.82 Å². The summed E-state index contributed by atoms with van der Waals surface area (Å²) in [5.41, 5.74) is 1.05. The van der Waals surface area contributed by atoms with Gasteiger partial charge in [0, 0.05) is 12.2 Å². The summed E-state index contributed by atoms with van der Waals surface area (Å²) >= 11 is 0. The molecule has 3 rings (SSSR count). The Hall–Kier alpha value is -1.52. The van der Waals surface area contributed by atoms with E-state index in [1.807, 2.05) is 12.2 Å². The average Bonchev–Trinajstić information content (AvgIpc) is 2.75. The van der Waals surface area contributed by atoms with Crippen molar-refractivity contribution in [3.8, 4) is 0 Å². The first-order valence-electron chi connectivity index (χ1n) is 4.42. The summed E-state index contributed by atoms with van der Waals surface area (Å²) in [6.45, 7) is 0.548. The predicted octanol–water partition coefficient (Wildman–Crippen LogP) is 1.66. The van der Waals surface area contributed by atoms with Crippen LogP contribution in [0.5, 0.6) is 0 Å². The third-order valence-corrected chi connectivity index (χ3v) is 2.60. The Balaban J connectivity index is 2.20. The van der Waals surface area contributed by atoms with Gasteiger partial charge in [-0.3, -0.25) is 4.32 Å². The highest BCUT2D eigenvalue weighted by Crippen LogP contribution is 2.27. The minimum Gasteiger partial charge on any atom is -0.363 e. The number of fused-ring (bicyclic) bond motifs is 2. The summed E-state index contributed by atoms with van der Waals surface area (Å²) in [5.74, 6) is -0.375. The van der Waals surface area contributed by atoms with Gasteiger partial charge >= 0.3 is 7.26 Å². The Morgan fingerprint density at radius 2 is 2.29 bits per heavy atom. The minimum absolute atomic E-state index is 0.315. The van der Waals surface area contributed by atoms with Crippen LogP contribution >= 0.6 is 0 Å². The first kappa shape index (κ1) is 7.85. The summed E-state index contributed by atoms with van der Waals surface area (Å²) in [7, 11) is -1.29. The maximum Gasteiger partial charge on any atom is 0.592 e. The van der Waals surface area contributed by atoms with Crippen LogP contribution in [-0.4, -0.2) is 23.1 Å². The van der Waals surface area contributed by atoms with Gasteiger partial charge in [-0.05, 0) is 24.4 Å². The lowest BCUT2D eigenvalue weighted by Gasteiger charge is -2.26. The van der Waals surface area contributed by atoms with E-state index in [2.05, 4.69) is 0 Å². The van der Waals surface area contributed by atoms with Gasteiger partial charge in [0.25, 0.3) is 0 Å². The molecule has 0 atom stereocenters. The van der Waals surface area contributed by atoms with Crippen molar-refractivity contribution in [2.24, 2.45) is 0 Å². The van der Waals surface area contributed by atoms with Gasteiger partial charge in [-0.1, -0.05) is 6.08 Å². The lowest BCUT2D eigenvalue weighted by Crippen LogP contribution is -2.41. The number of aromatic nitrogens is 1. The standard InChI is InChI=1S/C9H7BF2N2/c11-8-3-5-14-9(8)6-7-2-1-4-13(7)10(14)12/h1-3,5-6H,4H2. The van der Waals surface area contributed by atoms with Crippen LogP contribution in [0.15, 0.2) is 30.1 Å². The summed E-state index contributed by atoms with van der Waals surface area (Å²) in [6, 6.07) is 1.28. The zero-order valence-electron chi connectivity index (χ0n) is 7.32. The van der Waals surface area contributed by atoms with E-state index in [4.69, 9.17) is 0 Å². The molecule has 14 heavy (non-hydrogen) atoms. The van der Waals surface area contributed by atoms with E-state index in [0.717, 1.165) is 5.70 Å². The molecule has 0 fully saturated rings. The minimum atomic E-state index is -1.29. The highest BCUT2D eigenvalue weighted by molar-refractivity contribution is 6.48. The molecule has 1 aromatic rings. The molecule has 2 nitrogen and oxygen atoms in total. The van der Waals surface area contributed by atoms with Crippen molar-refractivity contribution in [2.75, 3.05) is 6.54 Å². The van der Waals surface area contributed by atoms with Gasteiger partial charge in [-0.25, -0.2) is 4.39 Å². The molecule has 0 aromatic carbocycles. The zero-order chi connectivity index (χ0) is 9.71. The third-order valence-electron chi connectivity index (χ3n) is 2.60. The number of hydrogen-bond donors (Lipinski definition) is 0. The fourth-order valence-electron chi connectivity index (χ4n) is 1.88. The van der Waals surface area contributed by atoms with Crippen molar-refractivity contribution in [3.63, 3.8) is 0 Å². The van der Waals surface area contributed by atoms with Crippen molar-refractivity contribution in [1.29, 1.82) is 0 Å². The van der Waals surface area contributed by atoms with Crippen LogP contribution in [0.4, 0.5) is 8.71 Å². The molecule has 0 bridgehead atoms. The average molecular weight is 192 g/mol. The largest absolute Gasteiger partial charge is 0.592 e. The Morgan fingerprint density at radius 1 is 1.43 bits per heavy atom. The molecule has 0 radical (unpaired) electrons. The SMILES string of the molecule is FB1N2CC=CC2=Cc2c(F)ccn21. The Kier molecular flexibility index (Phi) is 1.40. The first-order valence-corrected chi connectivity index (χ1v) is 4.42. The van der Waals surface area contributed by atoms with E-state index in [1.165, 1.54) is 16.7 Å². The van der Waals surface area contributed by atoms with Gasteiger partial charge in [0.15, 0.2) is 0 Å². The number of hydrogen-bond acceptors (Lipinski definition) is 1. The van der Waals surface area contributed by atoms with Crippen LogP contribution < -0.4 is 0 Å². The predicted molar refractivity (Wildman–Crippen MR) is 50.5 cm³/mol. The van der Waals surface area contributed by atoms with Crippen molar-refractivity contribution >= 4 is 13.3 Å². The normalized spacial score (nSPS) is 18.3. The van der Waals surface area contributed by atoms with E-state index in [1.54, 1.807) is 10.9 Å². The molecular formula is C9H7BF2N2. The fourth-order valence-corrected chi connectivity index (χ4v) is 1.88. The van der Waals surface area contributed by atoms with Crippen LogP contribution in [0, 0.1) is 5.82 Å². The molecule has 3 heterocycles. The molecule has 0 unspecified atom stereocenters. The highest BCUT2D eigenvalue weighted by atomic mass is 19.1. The second-order valence-electron chi connectivity index (χ2n) is 3.39. The number of halogens is 2. The fraction of sp³-hybridized carbons (Fsp3) is 0.111. The maximum atomic E-state index is 13.8. The molecular weight excluding hydrogens is 185 g/mol. The summed E-state index contributed by atoms with van der Waals surface area (Å²) in [5, 5.41) is 0. The third kappa shape index (κ3) is 0.841. The molecule has 2 aliphatic rings. The Bertz CT molecular complexity index is 450. The Labute approximate surface area is 80.3 Å². The van der Waals surface area contributed by atoms with Gasteiger partial charge in [-0.15, -0.1) is 0 Å². The Morgan fingerprint density at radius 3 is 3.14 bits per heavy atom. The number of rotatable bonds is 0. The van der Waals surface area contributed by atoms with Crippen molar-refractivity contribution in [1.82, 2.24) is 9.29 Å².